The van der Waals surface area contributed by atoms with Gasteiger partial charge in [0.2, 0.25) is 0 Å². The monoisotopic (exact) mass is 330 g/mol. The average Bonchev–Trinajstić information content (AvgIpc) is 2.58. The van der Waals surface area contributed by atoms with Gasteiger partial charge in [-0.05, 0) is 37.3 Å². The topological polar surface area (TPSA) is 41.6 Å². The third-order valence-corrected chi connectivity index (χ3v) is 4.20. The molecule has 4 nitrogen and oxygen atoms in total. The summed E-state index contributed by atoms with van der Waals surface area (Å²) in [6.45, 7) is 5.15. The molecule has 0 aromatic heterocycles. The highest BCUT2D eigenvalue weighted by Crippen LogP contribution is 2.28. The molecule has 2 aromatic carbocycles. The number of carbonyl (C=O) groups excluding carboxylic acids is 1. The van der Waals surface area contributed by atoms with E-state index in [1.54, 1.807) is 12.1 Å². The fourth-order valence-corrected chi connectivity index (χ4v) is 2.75. The van der Waals surface area contributed by atoms with Crippen LogP contribution in [0.1, 0.15) is 15.9 Å². The predicted molar refractivity (Wildman–Crippen MR) is 93.6 cm³/mol. The zero-order valence-corrected chi connectivity index (χ0v) is 13.8. The average molecular weight is 331 g/mol. The van der Waals surface area contributed by atoms with Crippen LogP contribution in [0.5, 0.6) is 0 Å². The van der Waals surface area contributed by atoms with Gasteiger partial charge in [0.05, 0.1) is 23.9 Å². The number of hydrogen-bond donors (Lipinski definition) is 1. The Bertz CT molecular complexity index is 695. The lowest BCUT2D eigenvalue weighted by Gasteiger charge is -2.29. The zero-order valence-electron chi connectivity index (χ0n) is 13.0. The number of halogens is 1. The van der Waals surface area contributed by atoms with Crippen molar-refractivity contribution in [2.45, 2.75) is 6.92 Å². The number of carbonyl (C=O) groups is 1. The molecule has 1 aliphatic heterocycles. The third-order valence-electron chi connectivity index (χ3n) is 3.89. The Morgan fingerprint density at radius 3 is 2.48 bits per heavy atom. The number of nitrogens with zero attached hydrogens (tertiary/aromatic N) is 1. The van der Waals surface area contributed by atoms with E-state index in [1.807, 2.05) is 37.3 Å². The number of anilines is 2. The Labute approximate surface area is 141 Å². The molecule has 1 fully saturated rings. The molecule has 120 valence electrons. The van der Waals surface area contributed by atoms with Gasteiger partial charge in [0.25, 0.3) is 5.91 Å². The van der Waals surface area contributed by atoms with Gasteiger partial charge in [0.15, 0.2) is 0 Å². The van der Waals surface area contributed by atoms with E-state index in [4.69, 9.17) is 16.3 Å². The van der Waals surface area contributed by atoms with Gasteiger partial charge >= 0.3 is 0 Å². The van der Waals surface area contributed by atoms with Crippen LogP contribution in [0, 0.1) is 6.92 Å². The first kappa shape index (κ1) is 15.8. The van der Waals surface area contributed by atoms with Crippen molar-refractivity contribution in [3.05, 3.63) is 58.6 Å². The van der Waals surface area contributed by atoms with E-state index in [2.05, 4.69) is 10.2 Å². The summed E-state index contributed by atoms with van der Waals surface area (Å²) in [4.78, 5) is 14.5. The normalized spacial score (nSPS) is 14.6. The van der Waals surface area contributed by atoms with Crippen LogP contribution >= 0.6 is 11.6 Å². The number of nitrogens with one attached hydrogen (secondary N) is 1. The van der Waals surface area contributed by atoms with Crippen LogP contribution in [0.3, 0.4) is 0 Å². The molecule has 0 spiro atoms. The molecule has 1 aliphatic rings. The summed E-state index contributed by atoms with van der Waals surface area (Å²) in [6.07, 6.45) is 0. The van der Waals surface area contributed by atoms with Crippen LogP contribution in [0.4, 0.5) is 11.4 Å². The van der Waals surface area contributed by atoms with Crippen molar-refractivity contribution in [1.82, 2.24) is 0 Å². The Morgan fingerprint density at radius 1 is 1.13 bits per heavy atom. The van der Waals surface area contributed by atoms with E-state index in [0.29, 0.717) is 16.3 Å². The van der Waals surface area contributed by atoms with Crippen LogP contribution < -0.4 is 10.2 Å². The molecular formula is C18H19ClN2O2. The molecule has 0 unspecified atom stereocenters. The van der Waals surface area contributed by atoms with Crippen LogP contribution in [-0.2, 0) is 4.74 Å². The van der Waals surface area contributed by atoms with E-state index in [0.717, 1.165) is 37.6 Å². The first-order valence-electron chi connectivity index (χ1n) is 7.64. The minimum atomic E-state index is -0.161. The van der Waals surface area contributed by atoms with E-state index >= 15 is 0 Å². The second-order valence-corrected chi connectivity index (χ2v) is 5.99. The van der Waals surface area contributed by atoms with Crippen LogP contribution in [0.25, 0.3) is 0 Å². The number of amides is 1. The Balaban J connectivity index is 1.73. The molecular weight excluding hydrogens is 312 g/mol. The zero-order chi connectivity index (χ0) is 16.2. The molecule has 0 saturated carbocycles. The quantitative estimate of drug-likeness (QED) is 0.932. The molecule has 5 heteroatoms. The van der Waals surface area contributed by atoms with Crippen LogP contribution in [-0.4, -0.2) is 32.2 Å². The maximum absolute atomic E-state index is 12.3. The van der Waals surface area contributed by atoms with E-state index in [9.17, 15) is 4.79 Å². The van der Waals surface area contributed by atoms with Gasteiger partial charge in [0.1, 0.15) is 0 Å². The molecule has 2 aromatic rings. The highest BCUT2D eigenvalue weighted by molar-refractivity contribution is 6.34. The lowest BCUT2D eigenvalue weighted by Crippen LogP contribution is -2.36. The molecule has 23 heavy (non-hydrogen) atoms. The summed E-state index contributed by atoms with van der Waals surface area (Å²) in [5, 5.41) is 3.40. The molecule has 0 radical (unpaired) electrons. The minimum absolute atomic E-state index is 0.161. The molecule has 3 rings (SSSR count). The maximum Gasteiger partial charge on any atom is 0.255 e. The van der Waals surface area contributed by atoms with Gasteiger partial charge in [-0.3, -0.25) is 4.79 Å². The first-order chi connectivity index (χ1) is 11.1. The summed E-state index contributed by atoms with van der Waals surface area (Å²) in [7, 11) is 0. The second kappa shape index (κ2) is 7.02. The fourth-order valence-electron chi connectivity index (χ4n) is 2.52. The van der Waals surface area contributed by atoms with Crippen LogP contribution in [0.15, 0.2) is 42.5 Å². The number of ether oxygens (including phenoxy) is 1. The standard InChI is InChI=1S/C18H19ClN2O2/c1-13-2-4-14(5-3-13)18(22)20-17-7-6-15(12-16(17)19)21-8-10-23-11-9-21/h2-7,12H,8-11H2,1H3,(H,20,22). The van der Waals surface area contributed by atoms with Crippen molar-refractivity contribution in [2.75, 3.05) is 36.5 Å². The molecule has 0 aliphatic carbocycles. The van der Waals surface area contributed by atoms with Crippen LogP contribution in [0.2, 0.25) is 5.02 Å². The van der Waals surface area contributed by atoms with Gasteiger partial charge in [-0.2, -0.15) is 0 Å². The highest BCUT2D eigenvalue weighted by Gasteiger charge is 2.14. The smallest absolute Gasteiger partial charge is 0.255 e. The Morgan fingerprint density at radius 2 is 1.83 bits per heavy atom. The van der Waals surface area contributed by atoms with E-state index in [-0.39, 0.29) is 5.91 Å². The summed E-state index contributed by atoms with van der Waals surface area (Å²) in [5.41, 5.74) is 3.40. The van der Waals surface area contributed by atoms with Crippen molar-refractivity contribution >= 4 is 28.9 Å². The maximum atomic E-state index is 12.3. The molecule has 1 heterocycles. The molecule has 1 saturated heterocycles. The minimum Gasteiger partial charge on any atom is -0.378 e. The molecule has 1 amide bonds. The van der Waals surface area contributed by atoms with Gasteiger partial charge in [-0.1, -0.05) is 29.3 Å². The number of aryl methyl sites for hydroxylation is 1. The number of benzene rings is 2. The summed E-state index contributed by atoms with van der Waals surface area (Å²) >= 11 is 6.33. The van der Waals surface area contributed by atoms with Gasteiger partial charge in [-0.15, -0.1) is 0 Å². The van der Waals surface area contributed by atoms with Crippen molar-refractivity contribution in [3.63, 3.8) is 0 Å². The van der Waals surface area contributed by atoms with Crippen molar-refractivity contribution < 1.29 is 9.53 Å². The van der Waals surface area contributed by atoms with Gasteiger partial charge in [0, 0.05) is 24.3 Å². The lowest BCUT2D eigenvalue weighted by molar-refractivity contribution is 0.102. The summed E-state index contributed by atoms with van der Waals surface area (Å²) in [5.74, 6) is -0.161. The molecule has 0 atom stereocenters. The Kier molecular flexibility index (Phi) is 4.84. The van der Waals surface area contributed by atoms with Gasteiger partial charge in [-0.25, -0.2) is 0 Å². The van der Waals surface area contributed by atoms with E-state index in [1.165, 1.54) is 0 Å². The number of morpholine rings is 1. The number of rotatable bonds is 3. The van der Waals surface area contributed by atoms with Crippen molar-refractivity contribution in [3.8, 4) is 0 Å². The summed E-state index contributed by atoms with van der Waals surface area (Å²) in [6, 6.07) is 13.1. The van der Waals surface area contributed by atoms with E-state index < -0.39 is 0 Å². The second-order valence-electron chi connectivity index (χ2n) is 5.58. The number of hydrogen-bond acceptors (Lipinski definition) is 3. The van der Waals surface area contributed by atoms with Crippen molar-refractivity contribution in [1.29, 1.82) is 0 Å². The predicted octanol–water partition coefficient (Wildman–Crippen LogP) is 3.74. The Hall–Kier alpha value is -2.04. The largest absolute Gasteiger partial charge is 0.378 e. The van der Waals surface area contributed by atoms with Crippen molar-refractivity contribution in [2.24, 2.45) is 0 Å². The molecule has 1 N–H and O–H groups in total. The lowest BCUT2D eigenvalue weighted by atomic mass is 10.1. The molecule has 0 bridgehead atoms. The third kappa shape index (κ3) is 3.84. The fraction of sp³-hybridized carbons (Fsp3) is 0.278. The SMILES string of the molecule is Cc1ccc(C(=O)Nc2ccc(N3CCOCC3)cc2Cl)cc1. The highest BCUT2D eigenvalue weighted by atomic mass is 35.5. The summed E-state index contributed by atoms with van der Waals surface area (Å²) < 4.78 is 5.35. The first-order valence-corrected chi connectivity index (χ1v) is 8.01. The van der Waals surface area contributed by atoms with Gasteiger partial charge < -0.3 is 15.0 Å².